The second kappa shape index (κ2) is 11.8. The van der Waals surface area contributed by atoms with Crippen LogP contribution in [0.25, 0.3) is 0 Å². The van der Waals surface area contributed by atoms with Crippen LogP contribution in [0.4, 0.5) is 0 Å². The number of carbonyl (C=O) groups is 2. The predicted molar refractivity (Wildman–Crippen MR) is 118 cm³/mol. The Balaban J connectivity index is 2.58. The van der Waals surface area contributed by atoms with Crippen molar-refractivity contribution >= 4 is 19.5 Å². The van der Waals surface area contributed by atoms with Crippen LogP contribution in [-0.2, 0) is 27.8 Å². The molecule has 0 heterocycles. The number of ether oxygens (including phenoxy) is 3. The first-order valence-electron chi connectivity index (χ1n) is 10.1. The summed E-state index contributed by atoms with van der Waals surface area (Å²) in [4.78, 5) is 24.5. The van der Waals surface area contributed by atoms with Crippen LogP contribution in [0.2, 0.25) is 0 Å². The molecule has 0 aliphatic carbocycles. The SMILES string of the molecule is CCOP(C)(=O)OCC(C)(C)COC(=O)c1ccc(C(=O)OCC(C)(C)COC)cc1. The number of esters is 2. The van der Waals surface area contributed by atoms with Crippen molar-refractivity contribution in [1.82, 2.24) is 0 Å². The fourth-order valence-corrected chi connectivity index (χ4v) is 3.60. The standard InChI is InChI=1S/C22H35O8P/c1-8-29-31(7,25)30-16-22(4,5)15-28-20(24)18-11-9-17(10-12-18)19(23)27-14-21(2,3)13-26-6/h9-12H,8,13-16H2,1-7H3. The highest BCUT2D eigenvalue weighted by Gasteiger charge is 2.26. The van der Waals surface area contributed by atoms with Crippen molar-refractivity contribution in [3.8, 4) is 0 Å². The minimum Gasteiger partial charge on any atom is -0.461 e. The number of hydrogen-bond donors (Lipinski definition) is 0. The van der Waals surface area contributed by atoms with Crippen molar-refractivity contribution in [2.75, 3.05) is 46.8 Å². The number of benzene rings is 1. The van der Waals surface area contributed by atoms with Crippen LogP contribution in [0.5, 0.6) is 0 Å². The van der Waals surface area contributed by atoms with Gasteiger partial charge in [-0.3, -0.25) is 4.57 Å². The van der Waals surface area contributed by atoms with Crippen LogP contribution in [0.3, 0.4) is 0 Å². The molecule has 0 spiro atoms. The number of rotatable bonds is 13. The van der Waals surface area contributed by atoms with Gasteiger partial charge in [-0.05, 0) is 31.2 Å². The molecule has 1 unspecified atom stereocenters. The number of carbonyl (C=O) groups excluding carboxylic acids is 2. The molecular weight excluding hydrogens is 423 g/mol. The highest BCUT2D eigenvalue weighted by Crippen LogP contribution is 2.45. The molecule has 176 valence electrons. The van der Waals surface area contributed by atoms with Crippen LogP contribution >= 0.6 is 7.60 Å². The first-order chi connectivity index (χ1) is 14.3. The minimum absolute atomic E-state index is 0.0658. The average molecular weight is 458 g/mol. The molecule has 0 saturated carbocycles. The molecule has 0 saturated heterocycles. The molecule has 8 nitrogen and oxygen atoms in total. The monoisotopic (exact) mass is 458 g/mol. The van der Waals surface area contributed by atoms with Gasteiger partial charge in [-0.2, -0.15) is 0 Å². The van der Waals surface area contributed by atoms with Crippen LogP contribution in [-0.4, -0.2) is 58.7 Å². The number of hydrogen-bond acceptors (Lipinski definition) is 8. The van der Waals surface area contributed by atoms with Crippen molar-refractivity contribution < 1.29 is 37.4 Å². The van der Waals surface area contributed by atoms with Crippen LogP contribution in [0, 0.1) is 10.8 Å². The summed E-state index contributed by atoms with van der Waals surface area (Å²) in [6.07, 6.45) is 0. The molecule has 1 atom stereocenters. The van der Waals surface area contributed by atoms with E-state index in [2.05, 4.69) is 0 Å². The van der Waals surface area contributed by atoms with Crippen LogP contribution < -0.4 is 0 Å². The van der Waals surface area contributed by atoms with Gasteiger partial charge in [0.15, 0.2) is 0 Å². The Hall–Kier alpha value is -1.73. The third-order valence-corrected chi connectivity index (χ3v) is 5.46. The average Bonchev–Trinajstić information content (AvgIpc) is 2.69. The lowest BCUT2D eigenvalue weighted by Gasteiger charge is -2.25. The lowest BCUT2D eigenvalue weighted by Crippen LogP contribution is -2.27. The van der Waals surface area contributed by atoms with Gasteiger partial charge in [-0.25, -0.2) is 9.59 Å². The summed E-state index contributed by atoms with van der Waals surface area (Å²) < 4.78 is 38.3. The first kappa shape index (κ1) is 27.3. The van der Waals surface area contributed by atoms with Crippen LogP contribution in [0.1, 0.15) is 55.3 Å². The summed E-state index contributed by atoms with van der Waals surface area (Å²) >= 11 is 0. The third kappa shape index (κ3) is 10.4. The maximum atomic E-state index is 12.3. The Morgan fingerprint density at radius 3 is 1.61 bits per heavy atom. The smallest absolute Gasteiger partial charge is 0.338 e. The summed E-state index contributed by atoms with van der Waals surface area (Å²) in [7, 11) is -1.53. The molecule has 1 rings (SSSR count). The molecule has 9 heteroatoms. The van der Waals surface area contributed by atoms with Gasteiger partial charge < -0.3 is 23.3 Å². The Morgan fingerprint density at radius 1 is 0.806 bits per heavy atom. The molecule has 31 heavy (non-hydrogen) atoms. The van der Waals surface area contributed by atoms with Gasteiger partial charge in [0.2, 0.25) is 0 Å². The zero-order chi connectivity index (χ0) is 23.7. The molecule has 1 aromatic carbocycles. The summed E-state index contributed by atoms with van der Waals surface area (Å²) in [6, 6.07) is 6.06. The molecule has 0 aliphatic rings. The van der Waals surface area contributed by atoms with Crippen molar-refractivity contribution in [3.05, 3.63) is 35.4 Å². The molecular formula is C22H35O8P. The zero-order valence-electron chi connectivity index (χ0n) is 19.6. The van der Waals surface area contributed by atoms with Crippen molar-refractivity contribution in [2.45, 2.75) is 34.6 Å². The topological polar surface area (TPSA) is 97.4 Å². The lowest BCUT2D eigenvalue weighted by atomic mass is 9.96. The van der Waals surface area contributed by atoms with E-state index in [0.717, 1.165) is 0 Å². The normalized spacial score (nSPS) is 14.0. The van der Waals surface area contributed by atoms with Gasteiger partial charge in [0, 0.05) is 24.6 Å². The van der Waals surface area contributed by atoms with Gasteiger partial charge in [-0.1, -0.05) is 27.7 Å². The van der Waals surface area contributed by atoms with Gasteiger partial charge in [-0.15, -0.1) is 0 Å². The minimum atomic E-state index is -3.12. The largest absolute Gasteiger partial charge is 0.461 e. The second-order valence-electron chi connectivity index (χ2n) is 8.95. The van der Waals surface area contributed by atoms with Crippen molar-refractivity contribution in [2.24, 2.45) is 10.8 Å². The van der Waals surface area contributed by atoms with E-state index >= 15 is 0 Å². The van der Waals surface area contributed by atoms with Crippen molar-refractivity contribution in [1.29, 1.82) is 0 Å². The third-order valence-electron chi connectivity index (χ3n) is 4.13. The summed E-state index contributed by atoms with van der Waals surface area (Å²) in [5.41, 5.74) is -0.202. The quantitative estimate of drug-likeness (QED) is 0.313. The fraction of sp³-hybridized carbons (Fsp3) is 0.636. The molecule has 1 aromatic rings. The number of methoxy groups -OCH3 is 1. The summed E-state index contributed by atoms with van der Waals surface area (Å²) in [5.74, 6) is -1.00. The van der Waals surface area contributed by atoms with Gasteiger partial charge >= 0.3 is 19.5 Å². The van der Waals surface area contributed by atoms with Gasteiger partial charge in [0.1, 0.15) is 0 Å². The second-order valence-corrected chi connectivity index (χ2v) is 11.0. The van der Waals surface area contributed by atoms with E-state index in [1.165, 1.54) is 30.9 Å². The Morgan fingerprint density at radius 2 is 1.23 bits per heavy atom. The Kier molecular flexibility index (Phi) is 10.4. The van der Waals surface area contributed by atoms with Gasteiger partial charge in [0.05, 0.1) is 44.2 Å². The first-order valence-corrected chi connectivity index (χ1v) is 12.1. The van der Waals surface area contributed by atoms with E-state index < -0.39 is 24.9 Å². The maximum absolute atomic E-state index is 12.3. The van der Waals surface area contributed by atoms with Gasteiger partial charge in [0.25, 0.3) is 0 Å². The molecule has 0 aliphatic heterocycles. The Labute approximate surface area is 185 Å². The maximum Gasteiger partial charge on any atom is 0.338 e. The molecule has 0 N–H and O–H groups in total. The van der Waals surface area contributed by atoms with Crippen LogP contribution in [0.15, 0.2) is 24.3 Å². The van der Waals surface area contributed by atoms with E-state index in [4.69, 9.17) is 23.3 Å². The highest BCUT2D eigenvalue weighted by molar-refractivity contribution is 7.52. The lowest BCUT2D eigenvalue weighted by molar-refractivity contribution is 0.0135. The van der Waals surface area contributed by atoms with E-state index in [9.17, 15) is 14.2 Å². The molecule has 0 fully saturated rings. The van der Waals surface area contributed by atoms with E-state index in [-0.39, 0.29) is 31.8 Å². The molecule has 0 amide bonds. The molecule has 0 bridgehead atoms. The van der Waals surface area contributed by atoms with E-state index in [1.54, 1.807) is 14.0 Å². The predicted octanol–water partition coefficient (Wildman–Crippen LogP) is 4.58. The molecule has 0 aromatic heterocycles. The Bertz CT molecular complexity index is 770. The molecule has 0 radical (unpaired) electrons. The van der Waals surface area contributed by atoms with E-state index in [1.807, 2.05) is 27.7 Å². The highest BCUT2D eigenvalue weighted by atomic mass is 31.2. The fourth-order valence-electron chi connectivity index (χ4n) is 2.47. The summed E-state index contributed by atoms with van der Waals surface area (Å²) in [5, 5.41) is 0. The summed E-state index contributed by atoms with van der Waals surface area (Å²) in [6.45, 7) is 11.8. The van der Waals surface area contributed by atoms with Crippen molar-refractivity contribution in [3.63, 3.8) is 0 Å². The van der Waals surface area contributed by atoms with E-state index in [0.29, 0.717) is 17.7 Å². The zero-order valence-corrected chi connectivity index (χ0v) is 20.5.